The van der Waals surface area contributed by atoms with Crippen molar-refractivity contribution in [2.24, 2.45) is 5.73 Å². The molecule has 4 heteroatoms. The maximum Gasteiger partial charge on any atom is 0.245 e. The first-order valence-corrected chi connectivity index (χ1v) is 2.93. The fourth-order valence-electron chi connectivity index (χ4n) is 0.334. The molecule has 3 N–H and O–H groups in total. The van der Waals surface area contributed by atoms with Crippen LogP contribution in [0.15, 0.2) is 12.7 Å². The first-order chi connectivity index (χ1) is 4.57. The van der Waals surface area contributed by atoms with Crippen molar-refractivity contribution in [1.82, 2.24) is 10.2 Å². The first-order valence-electron chi connectivity index (χ1n) is 2.93. The van der Waals surface area contributed by atoms with Crippen LogP contribution < -0.4 is 11.1 Å². The van der Waals surface area contributed by atoms with E-state index in [2.05, 4.69) is 11.9 Å². The van der Waals surface area contributed by atoms with Gasteiger partial charge in [0.1, 0.15) is 6.29 Å². The van der Waals surface area contributed by atoms with E-state index in [9.17, 15) is 4.79 Å². The quantitative estimate of drug-likeness (QED) is 0.397. The van der Waals surface area contributed by atoms with Crippen molar-refractivity contribution < 1.29 is 4.79 Å². The molecule has 0 radical (unpaired) electrons. The highest BCUT2D eigenvalue weighted by atomic mass is 16.1. The largest absolute Gasteiger partial charge is 0.325 e. The van der Waals surface area contributed by atoms with Crippen molar-refractivity contribution in [2.75, 3.05) is 14.1 Å². The Balaban J connectivity index is 3.67. The van der Waals surface area contributed by atoms with Gasteiger partial charge in [-0.3, -0.25) is 15.4 Å². The fourth-order valence-corrected chi connectivity index (χ4v) is 0.334. The Labute approximate surface area is 60.7 Å². The van der Waals surface area contributed by atoms with E-state index >= 15 is 0 Å². The monoisotopic (exact) mass is 143 g/mol. The van der Waals surface area contributed by atoms with E-state index in [1.165, 1.54) is 6.08 Å². The number of amides is 1. The van der Waals surface area contributed by atoms with Crippen LogP contribution in [0.5, 0.6) is 0 Å². The summed E-state index contributed by atoms with van der Waals surface area (Å²) in [7, 11) is 3.54. The third kappa shape index (κ3) is 3.21. The molecule has 0 heterocycles. The summed E-state index contributed by atoms with van der Waals surface area (Å²) in [5.41, 5.74) is 5.44. The van der Waals surface area contributed by atoms with Crippen LogP contribution in [0.3, 0.4) is 0 Å². The topological polar surface area (TPSA) is 58.4 Å². The standard InChI is InChI=1S/C6H13N3O/c1-4-5(10)8-6(7)9(2)3/h4,6H,1,7H2,2-3H3,(H,8,10). The Kier molecular flexibility index (Phi) is 3.68. The van der Waals surface area contributed by atoms with Gasteiger partial charge in [0.25, 0.3) is 0 Å². The Hall–Kier alpha value is -0.870. The molecule has 1 unspecified atom stereocenters. The summed E-state index contributed by atoms with van der Waals surface area (Å²) < 4.78 is 0. The second kappa shape index (κ2) is 4.03. The molecule has 0 aliphatic heterocycles. The molecule has 4 nitrogen and oxygen atoms in total. The minimum Gasteiger partial charge on any atom is -0.325 e. The van der Waals surface area contributed by atoms with Crippen LogP contribution in [0.25, 0.3) is 0 Å². The molecule has 10 heavy (non-hydrogen) atoms. The van der Waals surface area contributed by atoms with E-state index in [4.69, 9.17) is 5.73 Å². The molecule has 0 rings (SSSR count). The van der Waals surface area contributed by atoms with Gasteiger partial charge in [0, 0.05) is 0 Å². The van der Waals surface area contributed by atoms with E-state index in [0.717, 1.165) is 0 Å². The minimum atomic E-state index is -0.439. The van der Waals surface area contributed by atoms with Crippen LogP contribution >= 0.6 is 0 Å². The third-order valence-electron chi connectivity index (χ3n) is 1.03. The predicted molar refractivity (Wildman–Crippen MR) is 40.0 cm³/mol. The molecule has 0 saturated heterocycles. The lowest BCUT2D eigenvalue weighted by Gasteiger charge is -2.19. The number of rotatable bonds is 3. The molecule has 0 aromatic heterocycles. The van der Waals surface area contributed by atoms with E-state index in [0.29, 0.717) is 0 Å². The van der Waals surface area contributed by atoms with Gasteiger partial charge in [-0.25, -0.2) is 0 Å². The summed E-state index contributed by atoms with van der Waals surface area (Å²) in [5, 5.41) is 2.48. The molecule has 0 aliphatic carbocycles. The maximum absolute atomic E-state index is 10.6. The van der Waals surface area contributed by atoms with Crippen molar-refractivity contribution in [3.63, 3.8) is 0 Å². The SMILES string of the molecule is C=CC(=O)NC(N)N(C)C. The molecule has 0 saturated carbocycles. The molecule has 0 aromatic rings. The number of hydrogen-bond donors (Lipinski definition) is 2. The number of nitrogens with one attached hydrogen (secondary N) is 1. The third-order valence-corrected chi connectivity index (χ3v) is 1.03. The number of carbonyl (C=O) groups excluding carboxylic acids is 1. The van der Waals surface area contributed by atoms with Gasteiger partial charge in [-0.1, -0.05) is 6.58 Å². The van der Waals surface area contributed by atoms with E-state index in [1.807, 2.05) is 0 Å². The van der Waals surface area contributed by atoms with Gasteiger partial charge in [-0.2, -0.15) is 0 Å². The van der Waals surface area contributed by atoms with Crippen LogP contribution in [0.1, 0.15) is 0 Å². The molecular formula is C6H13N3O. The van der Waals surface area contributed by atoms with Crippen LogP contribution in [0.4, 0.5) is 0 Å². The normalized spacial score (nSPS) is 12.8. The summed E-state index contributed by atoms with van der Waals surface area (Å²) in [6.45, 7) is 3.29. The Morgan fingerprint density at radius 2 is 2.30 bits per heavy atom. The van der Waals surface area contributed by atoms with Gasteiger partial charge in [0.15, 0.2) is 0 Å². The molecule has 0 bridgehead atoms. The van der Waals surface area contributed by atoms with Crippen LogP contribution in [-0.2, 0) is 4.79 Å². The van der Waals surface area contributed by atoms with Crippen LogP contribution in [-0.4, -0.2) is 31.2 Å². The molecular weight excluding hydrogens is 130 g/mol. The number of hydrogen-bond acceptors (Lipinski definition) is 3. The molecule has 0 spiro atoms. The average Bonchev–Trinajstić information content (AvgIpc) is 1.87. The van der Waals surface area contributed by atoms with Gasteiger partial charge in [0.2, 0.25) is 5.91 Å². The summed E-state index contributed by atoms with van der Waals surface area (Å²) in [5.74, 6) is -0.263. The molecule has 0 aliphatic rings. The highest BCUT2D eigenvalue weighted by Gasteiger charge is 2.04. The Morgan fingerprint density at radius 1 is 1.80 bits per heavy atom. The number of nitrogens with two attached hydrogens (primary N) is 1. The predicted octanol–water partition coefficient (Wildman–Crippen LogP) is -0.907. The van der Waals surface area contributed by atoms with E-state index in [1.54, 1.807) is 19.0 Å². The summed E-state index contributed by atoms with van der Waals surface area (Å²) in [6, 6.07) is 0. The Bertz CT molecular complexity index is 133. The van der Waals surface area contributed by atoms with Crippen molar-refractivity contribution in [3.8, 4) is 0 Å². The van der Waals surface area contributed by atoms with Gasteiger partial charge >= 0.3 is 0 Å². The molecule has 0 fully saturated rings. The van der Waals surface area contributed by atoms with Gasteiger partial charge < -0.3 is 5.32 Å². The first kappa shape index (κ1) is 9.13. The van der Waals surface area contributed by atoms with Gasteiger partial charge in [-0.15, -0.1) is 0 Å². The van der Waals surface area contributed by atoms with Crippen LogP contribution in [0, 0.1) is 0 Å². The number of carbonyl (C=O) groups is 1. The second-order valence-electron chi connectivity index (χ2n) is 2.12. The molecule has 1 atom stereocenters. The molecule has 1 amide bonds. The highest BCUT2D eigenvalue weighted by molar-refractivity contribution is 5.86. The van der Waals surface area contributed by atoms with E-state index < -0.39 is 6.29 Å². The zero-order valence-electron chi connectivity index (χ0n) is 6.29. The van der Waals surface area contributed by atoms with E-state index in [-0.39, 0.29) is 5.91 Å². The average molecular weight is 143 g/mol. The lowest BCUT2D eigenvalue weighted by Crippen LogP contribution is -2.50. The van der Waals surface area contributed by atoms with Crippen molar-refractivity contribution >= 4 is 5.91 Å². The van der Waals surface area contributed by atoms with Crippen molar-refractivity contribution in [3.05, 3.63) is 12.7 Å². The zero-order chi connectivity index (χ0) is 8.15. The maximum atomic E-state index is 10.6. The summed E-state index contributed by atoms with van der Waals surface area (Å²) in [6.07, 6.45) is 0.745. The van der Waals surface area contributed by atoms with Crippen molar-refractivity contribution in [2.45, 2.75) is 6.29 Å². The Morgan fingerprint density at radius 3 is 2.60 bits per heavy atom. The fraction of sp³-hybridized carbons (Fsp3) is 0.500. The van der Waals surface area contributed by atoms with Crippen LogP contribution in [0.2, 0.25) is 0 Å². The lowest BCUT2D eigenvalue weighted by atomic mass is 10.5. The molecule has 0 aromatic carbocycles. The minimum absolute atomic E-state index is 0.263. The smallest absolute Gasteiger partial charge is 0.245 e. The summed E-state index contributed by atoms with van der Waals surface area (Å²) >= 11 is 0. The lowest BCUT2D eigenvalue weighted by molar-refractivity contribution is -0.118. The zero-order valence-corrected chi connectivity index (χ0v) is 6.29. The summed E-state index contributed by atoms with van der Waals surface area (Å²) in [4.78, 5) is 12.3. The van der Waals surface area contributed by atoms with Gasteiger partial charge in [-0.05, 0) is 20.2 Å². The molecule has 58 valence electrons. The van der Waals surface area contributed by atoms with Gasteiger partial charge in [0.05, 0.1) is 0 Å². The number of nitrogens with zero attached hydrogens (tertiary/aromatic N) is 1. The highest BCUT2D eigenvalue weighted by Crippen LogP contribution is 1.77. The van der Waals surface area contributed by atoms with Crippen molar-refractivity contribution in [1.29, 1.82) is 0 Å². The second-order valence-corrected chi connectivity index (χ2v) is 2.12.